The minimum absolute atomic E-state index is 0.0214. The van der Waals surface area contributed by atoms with Crippen LogP contribution in [0.25, 0.3) is 6.08 Å². The molecule has 0 heterocycles. The molecule has 1 aliphatic carbocycles. The van der Waals surface area contributed by atoms with Gasteiger partial charge in [0.25, 0.3) is 0 Å². The van der Waals surface area contributed by atoms with E-state index in [9.17, 15) is 22.8 Å². The maximum atomic E-state index is 13.1. The Balaban J connectivity index is 2.15. The van der Waals surface area contributed by atoms with Crippen molar-refractivity contribution in [1.82, 2.24) is 0 Å². The van der Waals surface area contributed by atoms with E-state index >= 15 is 0 Å². The van der Waals surface area contributed by atoms with Gasteiger partial charge in [-0.25, -0.2) is 0 Å². The van der Waals surface area contributed by atoms with Crippen LogP contribution < -0.4 is 0 Å². The van der Waals surface area contributed by atoms with Gasteiger partial charge in [0.05, 0.1) is 17.8 Å². The molecule has 0 unspecified atom stereocenters. The van der Waals surface area contributed by atoms with Gasteiger partial charge in [0.2, 0.25) is 0 Å². The average molecular weight is 553 g/mol. The van der Waals surface area contributed by atoms with Crippen LogP contribution in [-0.4, -0.2) is 32.3 Å². The minimum atomic E-state index is -4.38. The molecule has 0 aromatic heterocycles. The van der Waals surface area contributed by atoms with E-state index in [2.05, 4.69) is 33.9 Å². The standard InChI is InChI=1S/C30H43F3O4Si/c1-21(2)36-28(35)13-11-9-8-10-12-24-25(19-16-22-14-17-23(18-15-22)30(31,32)33)27(20-26(24)34)37-38(6,7)29(3,4)5/h8,10,14-19,21,24-25,27H,9,11-13,20H2,1-7H3/t24-,25-,27-/m1/s1. The highest BCUT2D eigenvalue weighted by atomic mass is 28.4. The van der Waals surface area contributed by atoms with Gasteiger partial charge in [-0.05, 0) is 68.9 Å². The van der Waals surface area contributed by atoms with Crippen LogP contribution in [0.1, 0.15) is 77.8 Å². The molecule has 1 aromatic carbocycles. The zero-order valence-electron chi connectivity index (χ0n) is 23.7. The summed E-state index contributed by atoms with van der Waals surface area (Å²) in [6, 6.07) is 5.03. The topological polar surface area (TPSA) is 52.6 Å². The Morgan fingerprint density at radius 3 is 2.29 bits per heavy atom. The molecule has 0 N–H and O–H groups in total. The zero-order chi connectivity index (χ0) is 28.7. The molecule has 1 aliphatic rings. The second kappa shape index (κ2) is 13.2. The molecule has 212 valence electrons. The highest BCUT2D eigenvalue weighted by Gasteiger charge is 2.46. The first-order valence-electron chi connectivity index (χ1n) is 13.4. The zero-order valence-corrected chi connectivity index (χ0v) is 24.7. The summed E-state index contributed by atoms with van der Waals surface area (Å²) in [7, 11) is -2.15. The summed E-state index contributed by atoms with van der Waals surface area (Å²) >= 11 is 0. The number of halogens is 3. The lowest BCUT2D eigenvalue weighted by atomic mass is 9.90. The molecule has 1 fully saturated rings. The quantitative estimate of drug-likeness (QED) is 0.120. The molecule has 2 rings (SSSR count). The molecule has 8 heteroatoms. The van der Waals surface area contributed by atoms with E-state index in [1.807, 2.05) is 32.1 Å². The Bertz CT molecular complexity index is 988. The summed E-state index contributed by atoms with van der Waals surface area (Å²) in [4.78, 5) is 24.8. The summed E-state index contributed by atoms with van der Waals surface area (Å²) in [6.45, 7) is 14.4. The van der Waals surface area contributed by atoms with Crippen LogP contribution in [0.3, 0.4) is 0 Å². The number of benzene rings is 1. The van der Waals surface area contributed by atoms with Crippen LogP contribution in [0, 0.1) is 11.8 Å². The summed E-state index contributed by atoms with van der Waals surface area (Å²) < 4.78 is 50.6. The highest BCUT2D eigenvalue weighted by molar-refractivity contribution is 6.74. The molecule has 0 bridgehead atoms. The van der Waals surface area contributed by atoms with Crippen molar-refractivity contribution >= 4 is 26.1 Å². The normalized spacial score (nSPS) is 21.2. The fraction of sp³-hybridized carbons (Fsp3) is 0.600. The molecular weight excluding hydrogens is 509 g/mol. The number of unbranched alkanes of at least 4 members (excludes halogenated alkanes) is 1. The third-order valence-electron chi connectivity index (χ3n) is 7.39. The van der Waals surface area contributed by atoms with Crippen LogP contribution in [0.4, 0.5) is 13.2 Å². The summed E-state index contributed by atoms with van der Waals surface area (Å²) in [5, 5.41) is -0.0214. The minimum Gasteiger partial charge on any atom is -0.463 e. The van der Waals surface area contributed by atoms with E-state index in [-0.39, 0.29) is 40.8 Å². The van der Waals surface area contributed by atoms with E-state index in [1.165, 1.54) is 12.1 Å². The number of rotatable bonds is 11. The van der Waals surface area contributed by atoms with E-state index in [1.54, 1.807) is 6.08 Å². The van der Waals surface area contributed by atoms with E-state index < -0.39 is 20.1 Å². The molecule has 0 spiro atoms. The third kappa shape index (κ3) is 9.52. The van der Waals surface area contributed by atoms with Gasteiger partial charge in [-0.15, -0.1) is 0 Å². The average Bonchev–Trinajstić information content (AvgIpc) is 3.06. The Hall–Kier alpha value is -2.19. The monoisotopic (exact) mass is 552 g/mol. The van der Waals surface area contributed by atoms with E-state index in [0.717, 1.165) is 12.1 Å². The summed E-state index contributed by atoms with van der Waals surface area (Å²) in [5.41, 5.74) is -0.0451. The van der Waals surface area contributed by atoms with Crippen molar-refractivity contribution in [3.63, 3.8) is 0 Å². The van der Waals surface area contributed by atoms with Crippen molar-refractivity contribution in [2.45, 2.75) is 103 Å². The number of esters is 1. The largest absolute Gasteiger partial charge is 0.463 e. The molecule has 1 saturated carbocycles. The molecule has 0 aliphatic heterocycles. The number of carbonyl (C=O) groups is 2. The molecule has 0 radical (unpaired) electrons. The molecule has 4 nitrogen and oxygen atoms in total. The van der Waals surface area contributed by atoms with Gasteiger partial charge in [0.15, 0.2) is 8.32 Å². The lowest BCUT2D eigenvalue weighted by Gasteiger charge is -2.39. The van der Waals surface area contributed by atoms with Gasteiger partial charge in [0.1, 0.15) is 5.78 Å². The predicted molar refractivity (Wildman–Crippen MR) is 148 cm³/mol. The van der Waals surface area contributed by atoms with Crippen molar-refractivity contribution in [2.75, 3.05) is 0 Å². The van der Waals surface area contributed by atoms with Gasteiger partial charge >= 0.3 is 12.1 Å². The molecular formula is C30H43F3O4Si. The maximum absolute atomic E-state index is 13.1. The first-order chi connectivity index (χ1) is 17.5. The highest BCUT2D eigenvalue weighted by Crippen LogP contribution is 2.43. The number of ether oxygens (including phenoxy) is 1. The van der Waals surface area contributed by atoms with Crippen LogP contribution in [0.15, 0.2) is 42.5 Å². The molecule has 0 saturated heterocycles. The number of ketones is 1. The van der Waals surface area contributed by atoms with Crippen molar-refractivity contribution < 1.29 is 31.9 Å². The number of alkyl halides is 3. The van der Waals surface area contributed by atoms with Crippen molar-refractivity contribution in [3.8, 4) is 0 Å². The Morgan fingerprint density at radius 1 is 1.11 bits per heavy atom. The second-order valence-corrected chi connectivity index (χ2v) is 16.6. The first kappa shape index (κ1) is 32.0. The molecule has 1 aromatic rings. The Morgan fingerprint density at radius 2 is 1.74 bits per heavy atom. The third-order valence-corrected chi connectivity index (χ3v) is 11.9. The van der Waals surface area contributed by atoms with Crippen LogP contribution in [0.2, 0.25) is 18.1 Å². The van der Waals surface area contributed by atoms with Crippen molar-refractivity contribution in [1.29, 1.82) is 0 Å². The summed E-state index contributed by atoms with van der Waals surface area (Å²) in [6.07, 6.45) is 5.56. The summed E-state index contributed by atoms with van der Waals surface area (Å²) in [5.74, 6) is -0.512. The fourth-order valence-electron chi connectivity index (χ4n) is 4.23. The van der Waals surface area contributed by atoms with Gasteiger partial charge in [-0.1, -0.05) is 57.2 Å². The number of Topliss-reactive ketones (excluding diaryl/α,β-unsaturated/α-hetero) is 1. The number of hydrogen-bond donors (Lipinski definition) is 0. The Kier molecular flexibility index (Phi) is 11.2. The number of hydrogen-bond acceptors (Lipinski definition) is 4. The van der Waals surface area contributed by atoms with Crippen molar-refractivity contribution in [3.05, 3.63) is 53.6 Å². The predicted octanol–water partition coefficient (Wildman–Crippen LogP) is 8.38. The van der Waals surface area contributed by atoms with Gasteiger partial charge in [-0.3, -0.25) is 9.59 Å². The maximum Gasteiger partial charge on any atom is 0.416 e. The van der Waals surface area contributed by atoms with Crippen LogP contribution >= 0.6 is 0 Å². The van der Waals surface area contributed by atoms with Gasteiger partial charge in [-0.2, -0.15) is 13.2 Å². The van der Waals surface area contributed by atoms with E-state index in [4.69, 9.17) is 9.16 Å². The second-order valence-electron chi connectivity index (χ2n) is 11.9. The Labute approximate surface area is 226 Å². The SMILES string of the molecule is CC(C)OC(=O)CCCC=CC[C@H]1C(=O)C[C@@H](O[Si](C)(C)C(C)(C)C)[C@@H]1C=Cc1ccc(C(F)(F)F)cc1. The fourth-order valence-corrected chi connectivity index (χ4v) is 5.58. The number of carbonyl (C=O) groups excluding carboxylic acids is 2. The lowest BCUT2D eigenvalue weighted by Crippen LogP contribution is -2.45. The van der Waals surface area contributed by atoms with Gasteiger partial charge < -0.3 is 9.16 Å². The van der Waals surface area contributed by atoms with Gasteiger partial charge in [0, 0.05) is 24.7 Å². The molecule has 3 atom stereocenters. The number of allylic oxidation sites excluding steroid dienone is 2. The van der Waals surface area contributed by atoms with Crippen molar-refractivity contribution in [2.24, 2.45) is 11.8 Å². The smallest absolute Gasteiger partial charge is 0.416 e. The first-order valence-corrected chi connectivity index (χ1v) is 16.3. The molecule has 0 amide bonds. The van der Waals surface area contributed by atoms with Crippen LogP contribution in [-0.2, 0) is 24.9 Å². The molecule has 38 heavy (non-hydrogen) atoms. The van der Waals surface area contributed by atoms with Crippen LogP contribution in [0.5, 0.6) is 0 Å². The van der Waals surface area contributed by atoms with E-state index in [0.29, 0.717) is 37.7 Å². The lowest BCUT2D eigenvalue weighted by molar-refractivity contribution is -0.147.